The molecule has 0 aromatic heterocycles. The normalized spacial score (nSPS) is 15.0. The monoisotopic (exact) mass is 489 g/mol. The minimum Gasteiger partial charge on any atom is -0.496 e. The van der Waals surface area contributed by atoms with Gasteiger partial charge in [-0.3, -0.25) is 0 Å². The van der Waals surface area contributed by atoms with Gasteiger partial charge in [-0.15, -0.1) is 0 Å². The van der Waals surface area contributed by atoms with Crippen molar-refractivity contribution < 1.29 is 33.2 Å². The van der Waals surface area contributed by atoms with E-state index >= 15 is 4.39 Å². The Bertz CT molecular complexity index is 1020. The largest absolute Gasteiger partial charge is 0.496 e. The van der Waals surface area contributed by atoms with E-state index in [9.17, 15) is 9.90 Å². The molecule has 35 heavy (non-hydrogen) atoms. The Hall–Kier alpha value is -2.84. The highest BCUT2D eigenvalue weighted by atomic mass is 19.1. The third kappa shape index (κ3) is 6.05. The Morgan fingerprint density at radius 2 is 1.94 bits per heavy atom. The van der Waals surface area contributed by atoms with Crippen LogP contribution < -0.4 is 14.8 Å². The van der Waals surface area contributed by atoms with E-state index in [1.807, 2.05) is 6.07 Å². The second-order valence-corrected chi connectivity index (χ2v) is 8.73. The molecule has 0 unspecified atom stereocenters. The molecule has 7 nitrogen and oxygen atoms in total. The average molecular weight is 490 g/mol. The van der Waals surface area contributed by atoms with E-state index in [-0.39, 0.29) is 12.4 Å². The van der Waals surface area contributed by atoms with Gasteiger partial charge in [-0.2, -0.15) is 0 Å². The number of carboxylic acid groups (broad SMARTS) is 1. The predicted molar refractivity (Wildman–Crippen MR) is 133 cm³/mol. The lowest BCUT2D eigenvalue weighted by molar-refractivity contribution is -0.145. The van der Waals surface area contributed by atoms with Crippen molar-refractivity contribution in [3.8, 4) is 22.6 Å². The van der Waals surface area contributed by atoms with Crippen LogP contribution in [0.15, 0.2) is 24.3 Å². The first-order chi connectivity index (χ1) is 16.9. The van der Waals surface area contributed by atoms with Gasteiger partial charge in [0.15, 0.2) is 11.6 Å². The van der Waals surface area contributed by atoms with Gasteiger partial charge in [-0.1, -0.05) is 19.4 Å². The highest BCUT2D eigenvalue weighted by Crippen LogP contribution is 2.40. The molecular weight excluding hydrogens is 453 g/mol. The van der Waals surface area contributed by atoms with Crippen LogP contribution >= 0.6 is 0 Å². The zero-order valence-electron chi connectivity index (χ0n) is 21.0. The summed E-state index contributed by atoms with van der Waals surface area (Å²) < 4.78 is 38.0. The number of halogens is 1. The molecule has 1 heterocycles. The second-order valence-electron chi connectivity index (χ2n) is 8.73. The summed E-state index contributed by atoms with van der Waals surface area (Å²) in [6, 6.07) is 7.08. The Morgan fingerprint density at radius 3 is 2.57 bits per heavy atom. The maximum Gasteiger partial charge on any atom is 0.329 e. The Labute approximate surface area is 206 Å². The number of hydrogen-bond donors (Lipinski definition) is 2. The zero-order chi connectivity index (χ0) is 25.4. The van der Waals surface area contributed by atoms with Gasteiger partial charge in [0.2, 0.25) is 0 Å². The minimum atomic E-state index is -1.11. The number of carbonyl (C=O) groups is 1. The molecule has 0 amide bonds. The van der Waals surface area contributed by atoms with Gasteiger partial charge in [-0.25, -0.2) is 9.18 Å². The van der Waals surface area contributed by atoms with Gasteiger partial charge < -0.3 is 29.4 Å². The van der Waals surface area contributed by atoms with Gasteiger partial charge >= 0.3 is 5.97 Å². The fourth-order valence-corrected chi connectivity index (χ4v) is 4.30. The first kappa shape index (κ1) is 26.8. The van der Waals surface area contributed by atoms with Crippen LogP contribution in [0.4, 0.5) is 10.1 Å². The summed E-state index contributed by atoms with van der Waals surface area (Å²) >= 11 is 0. The number of carboxylic acids is 1. The number of ether oxygens (including phenoxy) is 4. The van der Waals surface area contributed by atoms with Crippen molar-refractivity contribution >= 4 is 11.7 Å². The molecule has 8 heteroatoms. The maximum absolute atomic E-state index is 15.7. The number of anilines is 1. The molecule has 192 valence electrons. The van der Waals surface area contributed by atoms with Gasteiger partial charge in [0.05, 0.1) is 20.3 Å². The van der Waals surface area contributed by atoms with Crippen LogP contribution in [-0.2, 0) is 20.9 Å². The van der Waals surface area contributed by atoms with Crippen LogP contribution in [-0.4, -0.2) is 50.2 Å². The Balaban J connectivity index is 2.06. The fraction of sp³-hybridized carbons (Fsp3) is 0.519. The molecule has 3 rings (SSSR count). The lowest BCUT2D eigenvalue weighted by atomic mass is 9.89. The van der Waals surface area contributed by atoms with E-state index < -0.39 is 17.3 Å². The molecule has 0 radical (unpaired) electrons. The molecule has 2 aromatic carbocycles. The molecule has 0 bridgehead atoms. The summed E-state index contributed by atoms with van der Waals surface area (Å²) in [4.78, 5) is 12.1. The molecular formula is C27H36FNO6. The van der Waals surface area contributed by atoms with Gasteiger partial charge in [0.25, 0.3) is 0 Å². The maximum atomic E-state index is 15.7. The van der Waals surface area contributed by atoms with Gasteiger partial charge in [0, 0.05) is 49.5 Å². The van der Waals surface area contributed by atoms with E-state index in [0.717, 1.165) is 18.4 Å². The van der Waals surface area contributed by atoms with Crippen LogP contribution in [0.25, 0.3) is 11.1 Å². The minimum absolute atomic E-state index is 0.161. The quantitative estimate of drug-likeness (QED) is 0.377. The number of hydrogen-bond acceptors (Lipinski definition) is 6. The van der Waals surface area contributed by atoms with Crippen LogP contribution in [0.5, 0.6) is 11.5 Å². The first-order valence-corrected chi connectivity index (χ1v) is 12.2. The summed E-state index contributed by atoms with van der Waals surface area (Å²) in [7, 11) is 1.54. The van der Waals surface area contributed by atoms with Crippen LogP contribution in [0.1, 0.15) is 50.7 Å². The molecule has 1 aliphatic heterocycles. The summed E-state index contributed by atoms with van der Waals surface area (Å²) in [6.45, 7) is 7.56. The smallest absolute Gasteiger partial charge is 0.329 e. The topological polar surface area (TPSA) is 86.3 Å². The summed E-state index contributed by atoms with van der Waals surface area (Å²) in [5.74, 6) is -0.695. The molecule has 0 atom stereocenters. The van der Waals surface area contributed by atoms with Crippen LogP contribution in [0.3, 0.4) is 0 Å². The standard InChI is InChI=1S/C27H36FNO6/c1-5-7-12-34-17-19-15-20(29-27(26(30)31)10-13-33-14-11-27)8-9-21(19)22-16-23(32-4)18(3)25(24(22)28)35-6-2/h8-9,15-16,29H,5-7,10-14,17H2,1-4H3,(H,30,31). The van der Waals surface area contributed by atoms with E-state index in [4.69, 9.17) is 18.9 Å². The Kier molecular flexibility index (Phi) is 9.34. The average Bonchev–Trinajstić information content (AvgIpc) is 2.85. The number of methoxy groups -OCH3 is 1. The predicted octanol–water partition coefficient (Wildman–Crippen LogP) is 5.57. The number of nitrogens with one attached hydrogen (secondary N) is 1. The van der Waals surface area contributed by atoms with Crippen molar-refractivity contribution in [3.63, 3.8) is 0 Å². The first-order valence-electron chi connectivity index (χ1n) is 12.2. The van der Waals surface area contributed by atoms with E-state index in [1.54, 1.807) is 39.2 Å². The van der Waals surface area contributed by atoms with Crippen molar-refractivity contribution in [1.29, 1.82) is 0 Å². The van der Waals surface area contributed by atoms with E-state index in [2.05, 4.69) is 12.2 Å². The van der Waals surface area contributed by atoms with Crippen molar-refractivity contribution in [1.82, 2.24) is 0 Å². The molecule has 0 saturated carbocycles. The fourth-order valence-electron chi connectivity index (χ4n) is 4.30. The third-order valence-electron chi connectivity index (χ3n) is 6.36. The molecule has 2 N–H and O–H groups in total. The molecule has 1 fully saturated rings. The number of benzene rings is 2. The van der Waals surface area contributed by atoms with Crippen molar-refractivity contribution in [2.24, 2.45) is 0 Å². The number of aliphatic carboxylic acids is 1. The summed E-state index contributed by atoms with van der Waals surface area (Å²) in [5, 5.41) is 13.1. The molecule has 0 spiro atoms. The van der Waals surface area contributed by atoms with Crippen LogP contribution in [0, 0.1) is 12.7 Å². The van der Waals surface area contributed by atoms with Gasteiger partial charge in [0.1, 0.15) is 11.3 Å². The summed E-state index contributed by atoms with van der Waals surface area (Å²) in [5.41, 5.74) is 1.84. The number of rotatable bonds is 12. The van der Waals surface area contributed by atoms with Gasteiger partial charge in [-0.05, 0) is 49.6 Å². The molecule has 1 saturated heterocycles. The van der Waals surface area contributed by atoms with Crippen molar-refractivity contribution in [2.75, 3.05) is 38.9 Å². The molecule has 2 aromatic rings. The number of unbranched alkanes of at least 4 members (excludes halogenated alkanes) is 1. The SMILES string of the molecule is CCCCOCc1cc(NC2(C(=O)O)CCOCC2)ccc1-c1cc(OC)c(C)c(OCC)c1F. The molecule has 1 aliphatic rings. The van der Waals surface area contributed by atoms with E-state index in [1.165, 1.54) is 0 Å². The summed E-state index contributed by atoms with van der Waals surface area (Å²) in [6.07, 6.45) is 2.62. The third-order valence-corrected chi connectivity index (χ3v) is 6.36. The highest BCUT2D eigenvalue weighted by Gasteiger charge is 2.40. The highest BCUT2D eigenvalue weighted by molar-refractivity contribution is 5.83. The zero-order valence-corrected chi connectivity index (χ0v) is 21.0. The van der Waals surface area contributed by atoms with E-state index in [0.29, 0.717) is 67.4 Å². The molecule has 0 aliphatic carbocycles. The lowest BCUT2D eigenvalue weighted by Crippen LogP contribution is -2.50. The lowest BCUT2D eigenvalue weighted by Gasteiger charge is -2.35. The second kappa shape index (κ2) is 12.2. The van der Waals surface area contributed by atoms with Crippen molar-refractivity contribution in [2.45, 2.75) is 58.6 Å². The van der Waals surface area contributed by atoms with Crippen molar-refractivity contribution in [3.05, 3.63) is 41.2 Å². The van der Waals surface area contributed by atoms with Crippen LogP contribution in [0.2, 0.25) is 0 Å². The Morgan fingerprint density at radius 1 is 1.20 bits per heavy atom.